The van der Waals surface area contributed by atoms with Crippen LogP contribution in [-0.2, 0) is 32.7 Å². The summed E-state index contributed by atoms with van der Waals surface area (Å²) in [6.45, 7) is 3.54. The summed E-state index contributed by atoms with van der Waals surface area (Å²) < 4.78 is 33.7. The molecule has 0 aromatic rings. The van der Waals surface area contributed by atoms with Gasteiger partial charge in [-0.3, -0.25) is 14.2 Å². The second-order valence-corrected chi connectivity index (χ2v) is 17.0. The van der Waals surface area contributed by atoms with Crippen LogP contribution in [0.3, 0.4) is 0 Å². The van der Waals surface area contributed by atoms with Crippen LogP contribution in [0.5, 0.6) is 0 Å². The van der Waals surface area contributed by atoms with Crippen molar-refractivity contribution in [3.63, 3.8) is 0 Å². The van der Waals surface area contributed by atoms with Gasteiger partial charge in [-0.25, -0.2) is 0 Å². The minimum Gasteiger partial charge on any atom is -0.756 e. The number of carbonyl (C=O) groups is 2. The van der Waals surface area contributed by atoms with Gasteiger partial charge in [-0.2, -0.15) is 0 Å². The molecule has 7 atom stereocenters. The molecule has 0 heterocycles. The molecule has 57 heavy (non-hydrogen) atoms. The molecule has 0 spiro atoms. The third kappa shape index (κ3) is 28.4. The largest absolute Gasteiger partial charge is 0.756 e. The number of quaternary nitrogens is 1. The Balaban J connectivity index is 2.63. The number of carbonyl (C=O) groups excluding carboxylic acids is 2. The fourth-order valence-electron chi connectivity index (χ4n) is 5.97. The van der Waals surface area contributed by atoms with Gasteiger partial charge in [0.2, 0.25) is 0 Å². The summed E-state index contributed by atoms with van der Waals surface area (Å²) in [6, 6.07) is 0. The van der Waals surface area contributed by atoms with Crippen molar-refractivity contribution in [3.8, 4) is 0 Å². The van der Waals surface area contributed by atoms with E-state index >= 15 is 0 Å². The van der Waals surface area contributed by atoms with E-state index in [9.17, 15) is 34.4 Å². The predicted octanol–water partition coefficient (Wildman–Crippen LogP) is 7.21. The number of hydrogen-bond acceptors (Lipinski definition) is 11. The fourth-order valence-corrected chi connectivity index (χ4v) is 6.70. The first-order valence-corrected chi connectivity index (χ1v) is 22.4. The van der Waals surface area contributed by atoms with Gasteiger partial charge in [0.05, 0.1) is 52.5 Å². The van der Waals surface area contributed by atoms with Crippen LogP contribution >= 0.6 is 7.82 Å². The van der Waals surface area contributed by atoms with Crippen LogP contribution < -0.4 is 4.89 Å². The number of likely N-dealkylation sites (N-methyl/N-ethyl adjacent to an activating group) is 1. The monoisotopic (exact) mass is 823 g/mol. The lowest BCUT2D eigenvalue weighted by Gasteiger charge is -2.28. The zero-order valence-electron chi connectivity index (χ0n) is 35.3. The molecule has 0 radical (unpaired) electrons. The van der Waals surface area contributed by atoms with Crippen molar-refractivity contribution in [2.24, 2.45) is 11.8 Å². The second kappa shape index (κ2) is 31.3. The van der Waals surface area contributed by atoms with Gasteiger partial charge in [0.25, 0.3) is 7.82 Å². The van der Waals surface area contributed by atoms with Gasteiger partial charge >= 0.3 is 11.9 Å². The molecule has 1 saturated carbocycles. The Hall–Kier alpha value is -2.67. The van der Waals surface area contributed by atoms with Crippen molar-refractivity contribution in [2.45, 2.75) is 135 Å². The van der Waals surface area contributed by atoms with Crippen molar-refractivity contribution >= 4 is 19.8 Å². The first-order chi connectivity index (χ1) is 27.2. The highest BCUT2D eigenvalue weighted by molar-refractivity contribution is 7.45. The van der Waals surface area contributed by atoms with E-state index < -0.39 is 57.4 Å². The van der Waals surface area contributed by atoms with Crippen molar-refractivity contribution in [1.29, 1.82) is 0 Å². The summed E-state index contributed by atoms with van der Waals surface area (Å²) in [6.07, 6.45) is 30.7. The molecule has 326 valence electrons. The lowest BCUT2D eigenvalue weighted by molar-refractivity contribution is -0.870. The minimum absolute atomic E-state index is 0.0989. The quantitative estimate of drug-likeness (QED) is 0.0206. The van der Waals surface area contributed by atoms with E-state index in [1.54, 1.807) is 24.3 Å². The summed E-state index contributed by atoms with van der Waals surface area (Å²) >= 11 is 0. The molecular formula is C44H74NO11P. The molecule has 1 aliphatic rings. The van der Waals surface area contributed by atoms with Gasteiger partial charge in [0.15, 0.2) is 6.10 Å². The first-order valence-electron chi connectivity index (χ1n) is 20.9. The van der Waals surface area contributed by atoms with Crippen molar-refractivity contribution < 1.29 is 57.4 Å². The summed E-state index contributed by atoms with van der Waals surface area (Å²) in [5.41, 5.74) is 0. The molecule has 1 unspecified atom stereocenters. The molecule has 0 aromatic heterocycles. The van der Waals surface area contributed by atoms with Crippen molar-refractivity contribution in [2.75, 3.05) is 47.5 Å². The molecule has 0 bridgehead atoms. The summed E-state index contributed by atoms with van der Waals surface area (Å²) in [4.78, 5) is 37.7. The maximum Gasteiger partial charge on any atom is 0.310 e. The number of allylic oxidation sites excluding steroid dienone is 9. The van der Waals surface area contributed by atoms with Crippen LogP contribution in [0, 0.1) is 11.8 Å². The minimum atomic E-state index is -4.73. The van der Waals surface area contributed by atoms with Crippen LogP contribution in [0.25, 0.3) is 0 Å². The predicted molar refractivity (Wildman–Crippen MR) is 224 cm³/mol. The Labute approximate surface area is 343 Å². The number of aliphatic hydroxyl groups is 3. The number of aliphatic hydroxyl groups excluding tert-OH is 3. The summed E-state index contributed by atoms with van der Waals surface area (Å²) in [5, 5.41) is 31.4. The zero-order chi connectivity index (χ0) is 42.4. The number of unbranched alkanes of at least 4 members (excludes halogenated alkanes) is 4. The van der Waals surface area contributed by atoms with E-state index in [-0.39, 0.29) is 37.7 Å². The van der Waals surface area contributed by atoms with Gasteiger partial charge in [0, 0.05) is 18.8 Å². The number of nitrogens with zero attached hydrogens (tertiary/aromatic N) is 1. The topological polar surface area (TPSA) is 172 Å². The van der Waals surface area contributed by atoms with Gasteiger partial charge in [-0.15, -0.1) is 0 Å². The van der Waals surface area contributed by atoms with Gasteiger partial charge in [0.1, 0.15) is 19.8 Å². The standard InChI is InChI=1S/C44H74NO11P/c1-6-8-10-11-12-13-14-15-16-17-18-19-20-21-23-28-43(49)53-35-38(36-55-57(51,52)54-33-32-45(3,4)5)56-44(50)29-25-24-27-39-40(42(48)34-41(39)47)31-30-37(46)26-22-9-7-2/h8,10,12-13,15-16,18-19,24-25,30-31,37-42,46-48H,6-7,9,11,14,17,20-23,26-29,32-36H2,1-5H3/b10-8-,13-12-,16-15-,19-18-,25-24-,31-30+/t37-,38-,39+,40-,41+,42-/m1/s1. The average molecular weight is 824 g/mol. The SMILES string of the molecule is CC/C=C\C/C=C\C/C=C\C/C=C\CCCCC(=O)OC[C@H](COP(=O)([O-])OCC[N+](C)(C)C)OC(=O)C/C=C\C[C@H]1[C@@H](/C=C/[C@H](O)CCCCC)[C@H](O)C[C@@H]1O. The van der Waals surface area contributed by atoms with Gasteiger partial charge in [-0.1, -0.05) is 106 Å². The molecular weight excluding hydrogens is 749 g/mol. The highest BCUT2D eigenvalue weighted by atomic mass is 31.2. The molecule has 0 saturated heterocycles. The zero-order valence-corrected chi connectivity index (χ0v) is 36.2. The molecule has 3 N–H and O–H groups in total. The van der Waals surface area contributed by atoms with Crippen LogP contribution in [0.15, 0.2) is 72.9 Å². The van der Waals surface area contributed by atoms with E-state index in [4.69, 9.17) is 18.5 Å². The van der Waals surface area contributed by atoms with E-state index in [0.717, 1.165) is 57.8 Å². The van der Waals surface area contributed by atoms with Crippen LogP contribution in [-0.4, -0.2) is 104 Å². The number of phosphoric acid groups is 1. The number of phosphoric ester groups is 1. The average Bonchev–Trinajstić information content (AvgIpc) is 3.42. The van der Waals surface area contributed by atoms with E-state index in [1.165, 1.54) is 0 Å². The Morgan fingerprint density at radius 2 is 1.49 bits per heavy atom. The second-order valence-electron chi connectivity index (χ2n) is 15.6. The lowest BCUT2D eigenvalue weighted by atomic mass is 9.89. The van der Waals surface area contributed by atoms with Crippen molar-refractivity contribution in [1.82, 2.24) is 0 Å². The maximum atomic E-state index is 12.8. The number of ether oxygens (including phenoxy) is 2. The van der Waals surface area contributed by atoms with Crippen LogP contribution in [0.2, 0.25) is 0 Å². The third-order valence-electron chi connectivity index (χ3n) is 9.31. The van der Waals surface area contributed by atoms with E-state index in [1.807, 2.05) is 21.1 Å². The number of hydrogen-bond donors (Lipinski definition) is 3. The van der Waals surface area contributed by atoms with E-state index in [0.29, 0.717) is 30.3 Å². The Kier molecular flexibility index (Phi) is 28.7. The molecule has 0 aromatic carbocycles. The lowest BCUT2D eigenvalue weighted by Crippen LogP contribution is -2.37. The molecule has 0 amide bonds. The number of rotatable bonds is 32. The highest BCUT2D eigenvalue weighted by Gasteiger charge is 2.39. The Morgan fingerprint density at radius 3 is 2.14 bits per heavy atom. The summed E-state index contributed by atoms with van der Waals surface area (Å²) in [5.74, 6) is -1.84. The van der Waals surface area contributed by atoms with Gasteiger partial charge in [-0.05, 0) is 63.7 Å². The molecule has 1 rings (SSSR count). The highest BCUT2D eigenvalue weighted by Crippen LogP contribution is 2.38. The molecule has 1 aliphatic carbocycles. The Bertz CT molecular complexity index is 1320. The molecule has 0 aliphatic heterocycles. The third-order valence-corrected chi connectivity index (χ3v) is 10.3. The smallest absolute Gasteiger partial charge is 0.310 e. The maximum absolute atomic E-state index is 12.8. The summed E-state index contributed by atoms with van der Waals surface area (Å²) in [7, 11) is 0.932. The van der Waals surface area contributed by atoms with Crippen molar-refractivity contribution in [3.05, 3.63) is 72.9 Å². The normalized spacial score (nSPS) is 21.5. The van der Waals surface area contributed by atoms with E-state index in [2.05, 4.69) is 62.5 Å². The van der Waals surface area contributed by atoms with Crippen LogP contribution in [0.4, 0.5) is 0 Å². The molecule has 13 heteroatoms. The fraction of sp³-hybridized carbons (Fsp3) is 0.682. The first kappa shape index (κ1) is 52.3. The Morgan fingerprint density at radius 1 is 0.825 bits per heavy atom. The molecule has 12 nitrogen and oxygen atoms in total. The van der Waals surface area contributed by atoms with Crippen LogP contribution in [0.1, 0.15) is 110 Å². The van der Waals surface area contributed by atoms with Gasteiger partial charge < -0.3 is 43.2 Å². The number of esters is 2. The molecule has 1 fully saturated rings.